The average molecular weight is 217 g/mol. The first kappa shape index (κ1) is 10.7. The second kappa shape index (κ2) is 4.74. The van der Waals surface area contributed by atoms with Gasteiger partial charge in [-0.05, 0) is 25.1 Å². The molecule has 4 N–H and O–H groups in total. The Labute approximate surface area is 87.6 Å². The predicted octanol–water partition coefficient (Wildman–Crippen LogP) is 2.36. The van der Waals surface area contributed by atoms with Crippen LogP contribution in [0.4, 0.5) is 5.69 Å². The minimum absolute atomic E-state index is 0.169. The molecule has 0 aliphatic heterocycles. The minimum Gasteiger partial charge on any atom is -0.399 e. The Morgan fingerprint density at radius 2 is 2.23 bits per heavy atom. The Kier molecular flexibility index (Phi) is 3.90. The third kappa shape index (κ3) is 3.46. The molecule has 1 unspecified atom stereocenters. The summed E-state index contributed by atoms with van der Waals surface area (Å²) in [5, 5.41) is 0.736. The van der Waals surface area contributed by atoms with Gasteiger partial charge in [-0.1, -0.05) is 11.6 Å². The molecule has 0 aromatic heterocycles. The molecule has 0 saturated heterocycles. The average Bonchev–Trinajstić information content (AvgIpc) is 2.06. The first-order chi connectivity index (χ1) is 6.09. The van der Waals surface area contributed by atoms with Gasteiger partial charge >= 0.3 is 0 Å². The molecule has 4 heteroatoms. The summed E-state index contributed by atoms with van der Waals surface area (Å²) in [6.07, 6.45) is 0. The van der Waals surface area contributed by atoms with Crippen molar-refractivity contribution in [1.29, 1.82) is 0 Å². The molecule has 1 atom stereocenters. The summed E-state index contributed by atoms with van der Waals surface area (Å²) >= 11 is 7.59. The van der Waals surface area contributed by atoms with E-state index in [-0.39, 0.29) is 6.04 Å². The fourth-order valence-corrected chi connectivity index (χ4v) is 2.00. The van der Waals surface area contributed by atoms with Crippen LogP contribution in [0, 0.1) is 0 Å². The first-order valence-corrected chi connectivity index (χ1v) is 5.39. The molecule has 72 valence electrons. The molecule has 13 heavy (non-hydrogen) atoms. The van der Waals surface area contributed by atoms with E-state index in [0.717, 1.165) is 21.4 Å². The highest BCUT2D eigenvalue weighted by Gasteiger charge is 2.02. The summed E-state index contributed by atoms with van der Waals surface area (Å²) in [6.45, 7) is 1.97. The number of hydrogen-bond acceptors (Lipinski definition) is 3. The molecule has 0 aliphatic rings. The SMILES string of the molecule is CC(N)CSc1cc(N)ccc1Cl. The minimum atomic E-state index is 0.169. The zero-order chi connectivity index (χ0) is 9.84. The molecule has 0 bridgehead atoms. The van der Waals surface area contributed by atoms with Crippen LogP contribution in [0.15, 0.2) is 23.1 Å². The van der Waals surface area contributed by atoms with E-state index in [1.165, 1.54) is 0 Å². The molecule has 0 fully saturated rings. The highest BCUT2D eigenvalue weighted by atomic mass is 35.5. The van der Waals surface area contributed by atoms with Crippen molar-refractivity contribution in [3.63, 3.8) is 0 Å². The number of thioether (sulfide) groups is 1. The molecule has 0 amide bonds. The molecule has 1 aromatic rings. The van der Waals surface area contributed by atoms with E-state index in [4.69, 9.17) is 23.1 Å². The smallest absolute Gasteiger partial charge is 0.0543 e. The van der Waals surface area contributed by atoms with Gasteiger partial charge in [-0.25, -0.2) is 0 Å². The number of nitrogens with two attached hydrogens (primary N) is 2. The van der Waals surface area contributed by atoms with Crippen LogP contribution in [0.3, 0.4) is 0 Å². The van der Waals surface area contributed by atoms with Gasteiger partial charge < -0.3 is 11.5 Å². The maximum atomic E-state index is 5.96. The summed E-state index contributed by atoms with van der Waals surface area (Å²) < 4.78 is 0. The monoisotopic (exact) mass is 216 g/mol. The van der Waals surface area contributed by atoms with E-state index < -0.39 is 0 Å². The van der Waals surface area contributed by atoms with Crippen LogP contribution < -0.4 is 11.5 Å². The van der Waals surface area contributed by atoms with Crippen molar-refractivity contribution < 1.29 is 0 Å². The van der Waals surface area contributed by atoms with E-state index in [1.54, 1.807) is 23.9 Å². The topological polar surface area (TPSA) is 52.0 Å². The molecular formula is C9H13ClN2S. The van der Waals surface area contributed by atoms with E-state index in [0.29, 0.717) is 0 Å². The second-order valence-electron chi connectivity index (χ2n) is 2.98. The fourth-order valence-electron chi connectivity index (χ4n) is 0.852. The van der Waals surface area contributed by atoms with Crippen molar-refractivity contribution in [1.82, 2.24) is 0 Å². The third-order valence-electron chi connectivity index (χ3n) is 1.46. The summed E-state index contributed by atoms with van der Waals surface area (Å²) in [4.78, 5) is 0.999. The maximum Gasteiger partial charge on any atom is 0.0543 e. The number of nitrogen functional groups attached to an aromatic ring is 1. The highest BCUT2D eigenvalue weighted by molar-refractivity contribution is 7.99. The standard InChI is InChI=1S/C9H13ClN2S/c1-6(11)5-13-9-4-7(12)2-3-8(9)10/h2-4,6H,5,11-12H2,1H3. The van der Waals surface area contributed by atoms with Gasteiger partial charge in [0.1, 0.15) is 0 Å². The van der Waals surface area contributed by atoms with Gasteiger partial charge in [0.05, 0.1) is 5.02 Å². The van der Waals surface area contributed by atoms with Gasteiger partial charge in [-0.2, -0.15) is 0 Å². The molecule has 0 radical (unpaired) electrons. The lowest BCUT2D eigenvalue weighted by atomic mass is 10.3. The van der Waals surface area contributed by atoms with Gasteiger partial charge in [0, 0.05) is 22.4 Å². The number of hydrogen-bond donors (Lipinski definition) is 2. The van der Waals surface area contributed by atoms with Crippen LogP contribution in [0.5, 0.6) is 0 Å². The van der Waals surface area contributed by atoms with E-state index in [2.05, 4.69) is 0 Å². The summed E-state index contributed by atoms with van der Waals surface area (Å²) in [5.74, 6) is 0.850. The van der Waals surface area contributed by atoms with Crippen molar-refractivity contribution in [3.05, 3.63) is 23.2 Å². The molecule has 1 aromatic carbocycles. The fraction of sp³-hybridized carbons (Fsp3) is 0.333. The maximum absolute atomic E-state index is 5.96. The summed E-state index contributed by atoms with van der Waals surface area (Å²) in [7, 11) is 0. The lowest BCUT2D eigenvalue weighted by Crippen LogP contribution is -2.17. The molecule has 0 heterocycles. The third-order valence-corrected chi connectivity index (χ3v) is 3.24. The van der Waals surface area contributed by atoms with E-state index in [1.807, 2.05) is 13.0 Å². The van der Waals surface area contributed by atoms with Crippen molar-refractivity contribution in [2.45, 2.75) is 17.9 Å². The molecular weight excluding hydrogens is 204 g/mol. The molecule has 2 nitrogen and oxygen atoms in total. The van der Waals surface area contributed by atoms with Crippen LogP contribution in [0.1, 0.15) is 6.92 Å². The second-order valence-corrected chi connectivity index (χ2v) is 4.45. The summed E-state index contributed by atoms with van der Waals surface area (Å²) in [6, 6.07) is 5.64. The Hall–Kier alpha value is -0.380. The summed E-state index contributed by atoms with van der Waals surface area (Å²) in [5.41, 5.74) is 12.0. The zero-order valence-electron chi connectivity index (χ0n) is 7.46. The molecule has 0 spiro atoms. The van der Waals surface area contributed by atoms with Crippen LogP contribution in [-0.2, 0) is 0 Å². The Morgan fingerprint density at radius 3 is 2.85 bits per heavy atom. The zero-order valence-corrected chi connectivity index (χ0v) is 9.03. The van der Waals surface area contributed by atoms with Crippen molar-refractivity contribution in [3.8, 4) is 0 Å². The normalized spacial score (nSPS) is 12.8. The van der Waals surface area contributed by atoms with Gasteiger partial charge in [0.2, 0.25) is 0 Å². The van der Waals surface area contributed by atoms with Gasteiger partial charge in [0.15, 0.2) is 0 Å². The van der Waals surface area contributed by atoms with Crippen molar-refractivity contribution in [2.75, 3.05) is 11.5 Å². The predicted molar refractivity (Wildman–Crippen MR) is 60.2 cm³/mol. The van der Waals surface area contributed by atoms with Crippen molar-refractivity contribution in [2.24, 2.45) is 5.73 Å². The lowest BCUT2D eigenvalue weighted by Gasteiger charge is -2.07. The Morgan fingerprint density at radius 1 is 1.54 bits per heavy atom. The van der Waals surface area contributed by atoms with Crippen LogP contribution in [0.25, 0.3) is 0 Å². The number of anilines is 1. The number of halogens is 1. The lowest BCUT2D eigenvalue weighted by molar-refractivity contribution is 0.847. The number of rotatable bonds is 3. The Balaban J connectivity index is 2.70. The van der Waals surface area contributed by atoms with Crippen LogP contribution in [-0.4, -0.2) is 11.8 Å². The van der Waals surface area contributed by atoms with E-state index in [9.17, 15) is 0 Å². The van der Waals surface area contributed by atoms with Gasteiger partial charge in [-0.3, -0.25) is 0 Å². The van der Waals surface area contributed by atoms with E-state index >= 15 is 0 Å². The molecule has 1 rings (SSSR count). The van der Waals surface area contributed by atoms with Crippen molar-refractivity contribution >= 4 is 29.1 Å². The highest BCUT2D eigenvalue weighted by Crippen LogP contribution is 2.29. The Bertz CT molecular complexity index is 289. The first-order valence-electron chi connectivity index (χ1n) is 4.03. The van der Waals surface area contributed by atoms with Gasteiger partial charge in [-0.15, -0.1) is 11.8 Å². The van der Waals surface area contributed by atoms with Gasteiger partial charge in [0.25, 0.3) is 0 Å². The quantitative estimate of drug-likeness (QED) is 0.603. The molecule has 0 aliphatic carbocycles. The van der Waals surface area contributed by atoms with Crippen LogP contribution in [0.2, 0.25) is 5.02 Å². The number of benzene rings is 1. The molecule has 0 saturated carbocycles. The van der Waals surface area contributed by atoms with Crippen LogP contribution >= 0.6 is 23.4 Å². The largest absolute Gasteiger partial charge is 0.399 e.